The summed E-state index contributed by atoms with van der Waals surface area (Å²) in [6, 6.07) is 1.76. The lowest BCUT2D eigenvalue weighted by Crippen LogP contribution is -2.29. The third kappa shape index (κ3) is 6.80. The highest BCUT2D eigenvalue weighted by Gasteiger charge is 2.28. The maximum atomic E-state index is 12.2. The van der Waals surface area contributed by atoms with E-state index in [4.69, 9.17) is 21.1 Å². The Bertz CT molecular complexity index is 983. The summed E-state index contributed by atoms with van der Waals surface area (Å²) in [6.07, 6.45) is 5.79. The molecule has 2 aromatic rings. The molecule has 0 spiro atoms. The van der Waals surface area contributed by atoms with Crippen molar-refractivity contribution in [2.24, 2.45) is 5.92 Å². The molecule has 0 radical (unpaired) electrons. The highest BCUT2D eigenvalue weighted by molar-refractivity contribution is 7.19. The highest BCUT2D eigenvalue weighted by atomic mass is 35.5. The van der Waals surface area contributed by atoms with Crippen molar-refractivity contribution in [2.75, 3.05) is 13.6 Å². The van der Waals surface area contributed by atoms with Gasteiger partial charge in [-0.1, -0.05) is 24.9 Å². The van der Waals surface area contributed by atoms with E-state index in [9.17, 15) is 14.7 Å². The van der Waals surface area contributed by atoms with Crippen LogP contribution in [0.2, 0.25) is 4.34 Å². The normalized spacial score (nSPS) is 18.1. The molecule has 0 aliphatic heterocycles. The molecule has 0 unspecified atom stereocenters. The number of carboxylic acid groups (broad SMARTS) is 1. The first kappa shape index (κ1) is 25.2. The van der Waals surface area contributed by atoms with Gasteiger partial charge in [0.15, 0.2) is 11.6 Å². The number of rotatable bonds is 9. The molecule has 0 saturated heterocycles. The second kappa shape index (κ2) is 11.7. The van der Waals surface area contributed by atoms with E-state index in [0.717, 1.165) is 36.1 Å². The molecule has 2 aromatic heterocycles. The molecule has 10 heteroatoms. The van der Waals surface area contributed by atoms with E-state index in [2.05, 4.69) is 16.9 Å². The molecular formula is C23H30ClN3O5S. The van der Waals surface area contributed by atoms with Crippen LogP contribution in [0.1, 0.15) is 56.7 Å². The third-order valence-corrected chi connectivity index (χ3v) is 7.00. The Hall–Kier alpha value is -2.39. The van der Waals surface area contributed by atoms with Crippen LogP contribution in [0.15, 0.2) is 12.3 Å². The molecule has 1 aliphatic carbocycles. The first-order valence-electron chi connectivity index (χ1n) is 11.2. The van der Waals surface area contributed by atoms with Gasteiger partial charge >= 0.3 is 12.1 Å². The van der Waals surface area contributed by atoms with Crippen LogP contribution in [0.25, 0.3) is 10.7 Å². The zero-order valence-electron chi connectivity index (χ0n) is 19.2. The average molecular weight is 496 g/mol. The van der Waals surface area contributed by atoms with Crippen molar-refractivity contribution >= 4 is 35.0 Å². The van der Waals surface area contributed by atoms with E-state index >= 15 is 0 Å². The van der Waals surface area contributed by atoms with Crippen molar-refractivity contribution in [2.45, 2.75) is 65.1 Å². The van der Waals surface area contributed by atoms with Crippen LogP contribution in [0.5, 0.6) is 5.75 Å². The van der Waals surface area contributed by atoms with Crippen LogP contribution in [-0.2, 0) is 16.1 Å². The number of carboxylic acids is 1. The van der Waals surface area contributed by atoms with Crippen molar-refractivity contribution in [1.82, 2.24) is 14.9 Å². The number of carbonyl (C=O) groups is 2. The number of carbonyl (C=O) groups excluding carboxylic acids is 1. The van der Waals surface area contributed by atoms with Gasteiger partial charge < -0.3 is 19.5 Å². The average Bonchev–Trinajstić information content (AvgIpc) is 3.17. The van der Waals surface area contributed by atoms with Crippen molar-refractivity contribution < 1.29 is 24.2 Å². The molecule has 1 amide bonds. The summed E-state index contributed by atoms with van der Waals surface area (Å²) in [5.41, 5.74) is 1.40. The number of thiophene rings is 1. The van der Waals surface area contributed by atoms with Crippen LogP contribution in [0, 0.1) is 12.8 Å². The minimum Gasteiger partial charge on any atom is -0.487 e. The Kier molecular flexibility index (Phi) is 8.91. The Balaban J connectivity index is 1.68. The van der Waals surface area contributed by atoms with Gasteiger partial charge in [0.2, 0.25) is 0 Å². The molecule has 8 nitrogen and oxygen atoms in total. The van der Waals surface area contributed by atoms with E-state index in [0.29, 0.717) is 41.0 Å². The number of unbranched alkanes of at least 4 members (excludes halogenated alkanes) is 1. The summed E-state index contributed by atoms with van der Waals surface area (Å²) >= 11 is 7.56. The van der Waals surface area contributed by atoms with Gasteiger partial charge in [-0.05, 0) is 45.1 Å². The van der Waals surface area contributed by atoms with Gasteiger partial charge in [-0.3, -0.25) is 4.79 Å². The lowest BCUT2D eigenvalue weighted by atomic mass is 9.87. The fraction of sp³-hybridized carbons (Fsp3) is 0.565. The summed E-state index contributed by atoms with van der Waals surface area (Å²) in [5, 5.41) is 9.29. The quantitative estimate of drug-likeness (QED) is 0.486. The van der Waals surface area contributed by atoms with Gasteiger partial charge in [-0.25, -0.2) is 14.8 Å². The lowest BCUT2D eigenvalue weighted by molar-refractivity contribution is -0.143. The smallest absolute Gasteiger partial charge is 0.409 e. The molecule has 1 fully saturated rings. The predicted octanol–water partition coefficient (Wildman–Crippen LogP) is 5.56. The summed E-state index contributed by atoms with van der Waals surface area (Å²) in [5.74, 6) is -0.119. The van der Waals surface area contributed by atoms with Crippen molar-refractivity contribution in [3.8, 4) is 16.5 Å². The molecule has 0 bridgehead atoms. The van der Waals surface area contributed by atoms with Crippen molar-refractivity contribution in [3.05, 3.63) is 27.9 Å². The molecule has 1 aliphatic rings. The number of halogens is 1. The van der Waals surface area contributed by atoms with Gasteiger partial charge in [0.05, 0.1) is 33.1 Å². The molecule has 2 heterocycles. The van der Waals surface area contributed by atoms with E-state index in [1.807, 2.05) is 6.92 Å². The first-order valence-corrected chi connectivity index (χ1v) is 12.4. The molecule has 33 heavy (non-hydrogen) atoms. The number of amides is 1. The molecule has 1 saturated carbocycles. The number of ether oxygens (including phenoxy) is 2. The first-order chi connectivity index (χ1) is 15.8. The van der Waals surface area contributed by atoms with Crippen LogP contribution >= 0.6 is 22.9 Å². The SMILES string of the molecule is CCCCN(C)C(=O)OCc1cc(Cl)sc1-c1ncc(O[C@H]2CCC[C@H](C(=O)O)C2)c(C)n1. The topological polar surface area (TPSA) is 102 Å². The Morgan fingerprint density at radius 3 is 2.85 bits per heavy atom. The van der Waals surface area contributed by atoms with E-state index in [1.165, 1.54) is 11.3 Å². The summed E-state index contributed by atoms with van der Waals surface area (Å²) < 4.78 is 12.1. The van der Waals surface area contributed by atoms with Crippen LogP contribution in [0.3, 0.4) is 0 Å². The molecule has 1 N–H and O–H groups in total. The monoisotopic (exact) mass is 495 g/mol. The van der Waals surface area contributed by atoms with Gasteiger partial charge in [0.25, 0.3) is 0 Å². The van der Waals surface area contributed by atoms with Gasteiger partial charge in [-0.15, -0.1) is 11.3 Å². The zero-order chi connectivity index (χ0) is 24.0. The Labute approximate surface area is 202 Å². The summed E-state index contributed by atoms with van der Waals surface area (Å²) in [7, 11) is 1.72. The molecular weight excluding hydrogens is 466 g/mol. The molecule has 2 atom stereocenters. The largest absolute Gasteiger partial charge is 0.487 e. The number of aliphatic carboxylic acids is 1. The lowest BCUT2D eigenvalue weighted by Gasteiger charge is -2.27. The van der Waals surface area contributed by atoms with Crippen LogP contribution < -0.4 is 4.74 Å². The number of nitrogens with zero attached hydrogens (tertiary/aromatic N) is 3. The Morgan fingerprint density at radius 1 is 1.36 bits per heavy atom. The van der Waals surface area contributed by atoms with Crippen LogP contribution in [-0.4, -0.2) is 51.7 Å². The maximum Gasteiger partial charge on any atom is 0.409 e. The van der Waals surface area contributed by atoms with E-state index < -0.39 is 5.97 Å². The van der Waals surface area contributed by atoms with Crippen LogP contribution in [0.4, 0.5) is 4.79 Å². The van der Waals surface area contributed by atoms with E-state index in [-0.39, 0.29) is 24.7 Å². The standard InChI is InChI=1S/C23H30ClN3O5S/c1-4-5-9-27(3)23(30)31-13-16-11-19(24)33-20(16)21-25-12-18(14(2)26-21)32-17-8-6-7-15(10-17)22(28)29/h11-12,15,17H,4-10,13H2,1-3H3,(H,28,29)/t15-,17-/m0/s1. The summed E-state index contributed by atoms with van der Waals surface area (Å²) in [4.78, 5) is 34.9. The minimum absolute atomic E-state index is 0.0765. The fourth-order valence-electron chi connectivity index (χ4n) is 3.76. The van der Waals surface area contributed by atoms with Crippen molar-refractivity contribution in [1.29, 1.82) is 0 Å². The number of hydrogen-bond acceptors (Lipinski definition) is 7. The molecule has 180 valence electrons. The van der Waals surface area contributed by atoms with Gasteiger partial charge in [0.1, 0.15) is 6.61 Å². The number of aromatic nitrogens is 2. The highest BCUT2D eigenvalue weighted by Crippen LogP contribution is 2.35. The third-order valence-electron chi connectivity index (χ3n) is 5.70. The second-order valence-electron chi connectivity index (χ2n) is 8.32. The van der Waals surface area contributed by atoms with Gasteiger partial charge in [0, 0.05) is 19.2 Å². The minimum atomic E-state index is -0.772. The van der Waals surface area contributed by atoms with E-state index in [1.54, 1.807) is 24.2 Å². The molecule has 0 aromatic carbocycles. The zero-order valence-corrected chi connectivity index (χ0v) is 20.7. The summed E-state index contributed by atoms with van der Waals surface area (Å²) in [6.45, 7) is 4.62. The fourth-order valence-corrected chi connectivity index (χ4v) is 4.96. The Morgan fingerprint density at radius 2 is 2.15 bits per heavy atom. The maximum absolute atomic E-state index is 12.2. The molecule has 3 rings (SSSR count). The number of hydrogen-bond donors (Lipinski definition) is 1. The van der Waals surface area contributed by atoms with Gasteiger partial charge in [-0.2, -0.15) is 0 Å². The number of aryl methyl sites for hydroxylation is 1. The second-order valence-corrected chi connectivity index (χ2v) is 10.0. The predicted molar refractivity (Wildman–Crippen MR) is 127 cm³/mol. The van der Waals surface area contributed by atoms with Crippen molar-refractivity contribution in [3.63, 3.8) is 0 Å².